The highest BCUT2D eigenvalue weighted by Crippen LogP contribution is 2.33. The van der Waals surface area contributed by atoms with Crippen LogP contribution in [0.15, 0.2) is 24.3 Å². The van der Waals surface area contributed by atoms with Crippen LogP contribution in [-0.4, -0.2) is 13.1 Å². The van der Waals surface area contributed by atoms with Crippen LogP contribution in [0.5, 0.6) is 0 Å². The number of thiophene rings is 1. The molecule has 1 unspecified atom stereocenters. The maximum atomic E-state index is 11.3. The first kappa shape index (κ1) is 11.4. The third kappa shape index (κ3) is 1.91. The molecule has 0 fully saturated rings. The number of hydrogen-bond donors (Lipinski definition) is 1. The summed E-state index contributed by atoms with van der Waals surface area (Å²) in [6, 6.07) is 6.72. The number of ether oxygens (including phenoxy) is 1. The van der Waals surface area contributed by atoms with E-state index in [-0.39, 0.29) is 0 Å². The topological polar surface area (TPSA) is 52.3 Å². The van der Waals surface area contributed by atoms with E-state index in [0.29, 0.717) is 5.02 Å². The van der Waals surface area contributed by atoms with Crippen LogP contribution in [0.4, 0.5) is 0 Å². The highest BCUT2D eigenvalue weighted by atomic mass is 35.5. The minimum absolute atomic E-state index is 0.442. The SMILES string of the molecule is COC(=O)C(N)c1cc2c(Cl)cccc2s1. The predicted octanol–water partition coefficient (Wildman–Crippen LogP) is 2.73. The first-order valence-electron chi connectivity index (χ1n) is 4.65. The molecule has 2 rings (SSSR count). The summed E-state index contributed by atoms with van der Waals surface area (Å²) in [4.78, 5) is 12.1. The van der Waals surface area contributed by atoms with Gasteiger partial charge in [0.05, 0.1) is 7.11 Å². The summed E-state index contributed by atoms with van der Waals surface area (Å²) in [7, 11) is 1.32. The Kier molecular flexibility index (Phi) is 3.14. The van der Waals surface area contributed by atoms with Crippen molar-refractivity contribution < 1.29 is 9.53 Å². The first-order chi connectivity index (χ1) is 7.63. The zero-order chi connectivity index (χ0) is 11.7. The molecule has 0 aliphatic rings. The van der Waals surface area contributed by atoms with Crippen LogP contribution in [0.25, 0.3) is 10.1 Å². The minimum atomic E-state index is -0.738. The average Bonchev–Trinajstić information content (AvgIpc) is 2.72. The molecule has 5 heteroatoms. The molecular formula is C11H10ClNO2S. The molecule has 84 valence electrons. The fourth-order valence-corrected chi connectivity index (χ4v) is 2.81. The van der Waals surface area contributed by atoms with Gasteiger partial charge in [0, 0.05) is 20.0 Å². The number of carbonyl (C=O) groups excluding carboxylic acids is 1. The van der Waals surface area contributed by atoms with Gasteiger partial charge in [0.25, 0.3) is 0 Å². The van der Waals surface area contributed by atoms with E-state index < -0.39 is 12.0 Å². The van der Waals surface area contributed by atoms with E-state index in [2.05, 4.69) is 4.74 Å². The zero-order valence-electron chi connectivity index (χ0n) is 8.57. The van der Waals surface area contributed by atoms with E-state index in [0.717, 1.165) is 15.0 Å². The number of methoxy groups -OCH3 is 1. The molecule has 0 aliphatic carbocycles. The maximum absolute atomic E-state index is 11.3. The molecule has 1 aromatic carbocycles. The van der Waals surface area contributed by atoms with E-state index in [4.69, 9.17) is 17.3 Å². The molecule has 0 spiro atoms. The van der Waals surface area contributed by atoms with Crippen molar-refractivity contribution >= 4 is 39.0 Å². The molecule has 0 amide bonds. The zero-order valence-corrected chi connectivity index (χ0v) is 10.1. The van der Waals surface area contributed by atoms with Crippen molar-refractivity contribution in [3.63, 3.8) is 0 Å². The van der Waals surface area contributed by atoms with Gasteiger partial charge in [-0.05, 0) is 18.2 Å². The van der Waals surface area contributed by atoms with Crippen LogP contribution in [0.2, 0.25) is 5.02 Å². The van der Waals surface area contributed by atoms with Crippen molar-refractivity contribution in [1.29, 1.82) is 0 Å². The summed E-state index contributed by atoms with van der Waals surface area (Å²) < 4.78 is 5.62. The quantitative estimate of drug-likeness (QED) is 0.840. The van der Waals surface area contributed by atoms with Crippen LogP contribution in [0.1, 0.15) is 10.9 Å². The molecule has 0 bridgehead atoms. The van der Waals surface area contributed by atoms with Crippen LogP contribution in [-0.2, 0) is 9.53 Å². The van der Waals surface area contributed by atoms with Gasteiger partial charge in [0.15, 0.2) is 0 Å². The third-order valence-electron chi connectivity index (χ3n) is 2.29. The summed E-state index contributed by atoms with van der Waals surface area (Å²) >= 11 is 7.49. The summed E-state index contributed by atoms with van der Waals surface area (Å²) in [6.45, 7) is 0. The molecule has 0 saturated carbocycles. The Hall–Kier alpha value is -1.10. The minimum Gasteiger partial charge on any atom is -0.468 e. The van der Waals surface area contributed by atoms with E-state index in [1.54, 1.807) is 0 Å². The molecule has 3 nitrogen and oxygen atoms in total. The summed E-state index contributed by atoms with van der Waals surface area (Å²) in [6.07, 6.45) is 0. The normalized spacial score (nSPS) is 12.7. The molecule has 2 N–H and O–H groups in total. The van der Waals surface area contributed by atoms with Gasteiger partial charge in [-0.1, -0.05) is 17.7 Å². The van der Waals surface area contributed by atoms with Crippen molar-refractivity contribution in [2.45, 2.75) is 6.04 Å². The highest BCUT2D eigenvalue weighted by Gasteiger charge is 2.19. The largest absolute Gasteiger partial charge is 0.468 e. The Balaban J connectivity index is 2.47. The van der Waals surface area contributed by atoms with Crippen molar-refractivity contribution in [1.82, 2.24) is 0 Å². The Morgan fingerprint density at radius 2 is 2.31 bits per heavy atom. The maximum Gasteiger partial charge on any atom is 0.328 e. The van der Waals surface area contributed by atoms with Gasteiger partial charge in [-0.2, -0.15) is 0 Å². The molecule has 0 aliphatic heterocycles. The summed E-state index contributed by atoms with van der Waals surface area (Å²) in [5.74, 6) is -0.442. The molecule has 1 atom stereocenters. The number of rotatable bonds is 2. The number of nitrogens with two attached hydrogens (primary N) is 1. The molecule has 0 saturated heterocycles. The third-order valence-corrected chi connectivity index (χ3v) is 3.80. The number of carbonyl (C=O) groups is 1. The lowest BCUT2D eigenvalue weighted by Crippen LogP contribution is -2.21. The van der Waals surface area contributed by atoms with E-state index >= 15 is 0 Å². The highest BCUT2D eigenvalue weighted by molar-refractivity contribution is 7.19. The lowest BCUT2D eigenvalue weighted by atomic mass is 10.2. The smallest absolute Gasteiger partial charge is 0.328 e. The van der Waals surface area contributed by atoms with Crippen LogP contribution in [0.3, 0.4) is 0 Å². The van der Waals surface area contributed by atoms with E-state index in [1.807, 2.05) is 24.3 Å². The fraction of sp³-hybridized carbons (Fsp3) is 0.182. The van der Waals surface area contributed by atoms with Gasteiger partial charge in [0.1, 0.15) is 6.04 Å². The molecule has 2 aromatic rings. The monoisotopic (exact) mass is 255 g/mol. The van der Waals surface area contributed by atoms with Crippen LogP contribution < -0.4 is 5.73 Å². The van der Waals surface area contributed by atoms with Gasteiger partial charge in [-0.15, -0.1) is 11.3 Å². The second kappa shape index (κ2) is 4.41. The van der Waals surface area contributed by atoms with E-state index in [1.165, 1.54) is 18.4 Å². The van der Waals surface area contributed by atoms with Crippen LogP contribution >= 0.6 is 22.9 Å². The first-order valence-corrected chi connectivity index (χ1v) is 5.84. The van der Waals surface area contributed by atoms with Gasteiger partial charge in [0.2, 0.25) is 0 Å². The Morgan fingerprint density at radius 1 is 1.56 bits per heavy atom. The van der Waals surface area contributed by atoms with Crippen molar-refractivity contribution in [3.05, 3.63) is 34.2 Å². The predicted molar refractivity (Wildman–Crippen MR) is 65.8 cm³/mol. The number of benzene rings is 1. The summed E-state index contributed by atoms with van der Waals surface area (Å²) in [5, 5.41) is 1.58. The van der Waals surface area contributed by atoms with Gasteiger partial charge in [-0.25, -0.2) is 4.79 Å². The van der Waals surface area contributed by atoms with Crippen molar-refractivity contribution in [3.8, 4) is 0 Å². The number of halogens is 1. The van der Waals surface area contributed by atoms with Gasteiger partial charge < -0.3 is 10.5 Å². The second-order valence-corrected chi connectivity index (χ2v) is 4.82. The van der Waals surface area contributed by atoms with Crippen LogP contribution in [0, 0.1) is 0 Å². The molecular weight excluding hydrogens is 246 g/mol. The van der Waals surface area contributed by atoms with Crippen molar-refractivity contribution in [2.75, 3.05) is 7.11 Å². The van der Waals surface area contributed by atoms with Gasteiger partial charge in [-0.3, -0.25) is 0 Å². The lowest BCUT2D eigenvalue weighted by molar-refractivity contribution is -0.142. The Labute approximate surface area is 102 Å². The van der Waals surface area contributed by atoms with Gasteiger partial charge >= 0.3 is 5.97 Å². The molecule has 1 aromatic heterocycles. The number of hydrogen-bond acceptors (Lipinski definition) is 4. The number of esters is 1. The fourth-order valence-electron chi connectivity index (χ4n) is 1.44. The second-order valence-electron chi connectivity index (χ2n) is 3.30. The summed E-state index contributed by atoms with van der Waals surface area (Å²) in [5.41, 5.74) is 5.76. The lowest BCUT2D eigenvalue weighted by Gasteiger charge is -2.05. The standard InChI is InChI=1S/C11H10ClNO2S/c1-15-11(14)10(13)9-5-6-7(12)3-2-4-8(6)16-9/h2-5,10H,13H2,1H3. The molecule has 1 heterocycles. The van der Waals surface area contributed by atoms with Crippen molar-refractivity contribution in [2.24, 2.45) is 5.73 Å². The average molecular weight is 256 g/mol. The Morgan fingerprint density at radius 3 is 2.94 bits per heavy atom. The molecule has 16 heavy (non-hydrogen) atoms. The number of fused-ring (bicyclic) bond motifs is 1. The molecule has 0 radical (unpaired) electrons. The Bertz CT molecular complexity index is 538. The van der Waals surface area contributed by atoms with E-state index in [9.17, 15) is 4.79 Å².